The standard InChI is InChI=1S/C9H20FO7P.C6H11N2/c1-13-2-3-14-4-5-15-6-7-16-8-9-17-18(10,11)12;1-3-8-5-4-7(2)6-8/h2-9H2,1H3,(H,11,12);4-6H,3H2,1-2H3/q;+1/p-1. The van der Waals surface area contributed by atoms with Crippen LogP contribution in [0.15, 0.2) is 18.7 Å². The molecule has 154 valence electrons. The predicted molar refractivity (Wildman–Crippen MR) is 90.3 cm³/mol. The van der Waals surface area contributed by atoms with Crippen molar-refractivity contribution < 1.29 is 41.7 Å². The van der Waals surface area contributed by atoms with Crippen molar-refractivity contribution in [2.24, 2.45) is 7.05 Å². The number of imidazole rings is 1. The van der Waals surface area contributed by atoms with Crippen molar-refractivity contribution in [2.45, 2.75) is 13.5 Å². The van der Waals surface area contributed by atoms with Crippen molar-refractivity contribution in [3.8, 4) is 0 Å². The lowest BCUT2D eigenvalue weighted by Crippen LogP contribution is -2.23. The van der Waals surface area contributed by atoms with Crippen molar-refractivity contribution >= 4 is 7.91 Å². The molecule has 0 saturated carbocycles. The first-order valence-corrected chi connectivity index (χ1v) is 9.70. The van der Waals surface area contributed by atoms with Gasteiger partial charge in [-0.05, 0) is 6.92 Å². The minimum atomic E-state index is -5.13. The van der Waals surface area contributed by atoms with Gasteiger partial charge in [0.1, 0.15) is 12.4 Å². The van der Waals surface area contributed by atoms with Crippen molar-refractivity contribution in [1.82, 2.24) is 4.57 Å². The number of hydrogen-bond acceptors (Lipinski definition) is 7. The highest BCUT2D eigenvalue weighted by Crippen LogP contribution is 2.37. The lowest BCUT2D eigenvalue weighted by Gasteiger charge is -2.12. The summed E-state index contributed by atoms with van der Waals surface area (Å²) in [6.07, 6.45) is 6.14. The molecule has 0 fully saturated rings. The van der Waals surface area contributed by atoms with Gasteiger partial charge in [0.15, 0.2) is 0 Å². The fraction of sp³-hybridized carbons (Fsp3) is 0.800. The lowest BCUT2D eigenvalue weighted by atomic mass is 10.7. The van der Waals surface area contributed by atoms with Gasteiger partial charge in [0.25, 0.3) is 0 Å². The Balaban J connectivity index is 0.000000642. The molecule has 26 heavy (non-hydrogen) atoms. The van der Waals surface area contributed by atoms with Crippen molar-refractivity contribution in [3.05, 3.63) is 18.7 Å². The van der Waals surface area contributed by atoms with Gasteiger partial charge >= 0.3 is 7.91 Å². The zero-order valence-electron chi connectivity index (χ0n) is 15.7. The molecule has 0 N–H and O–H groups in total. The number of aromatic nitrogens is 2. The largest absolute Gasteiger partial charge is 0.753 e. The zero-order chi connectivity index (χ0) is 19.7. The Morgan fingerprint density at radius 3 is 1.88 bits per heavy atom. The van der Waals surface area contributed by atoms with Gasteiger partial charge < -0.3 is 28.4 Å². The highest BCUT2D eigenvalue weighted by atomic mass is 31.2. The fourth-order valence-electron chi connectivity index (χ4n) is 1.58. The molecule has 1 aromatic rings. The van der Waals surface area contributed by atoms with Crippen molar-refractivity contribution in [2.75, 3.05) is 60.0 Å². The number of halogens is 1. The molecule has 1 heterocycles. The van der Waals surface area contributed by atoms with Crippen molar-refractivity contribution in [3.63, 3.8) is 0 Å². The first-order chi connectivity index (χ1) is 12.4. The summed E-state index contributed by atoms with van der Waals surface area (Å²) in [7, 11) is -1.52. The molecular weight excluding hydrogens is 370 g/mol. The third kappa shape index (κ3) is 17.9. The molecule has 1 rings (SSSR count). The predicted octanol–water partition coefficient (Wildman–Crippen LogP) is 0.470. The van der Waals surface area contributed by atoms with Crippen LogP contribution in [-0.4, -0.2) is 64.5 Å². The van der Waals surface area contributed by atoms with Crippen LogP contribution in [0.1, 0.15) is 6.92 Å². The minimum Gasteiger partial charge on any atom is -0.753 e. The maximum Gasteiger partial charge on any atom is 0.307 e. The van der Waals surface area contributed by atoms with Crippen LogP contribution in [0, 0.1) is 0 Å². The van der Waals surface area contributed by atoms with E-state index in [1.807, 2.05) is 17.8 Å². The number of rotatable bonds is 14. The average Bonchev–Trinajstić information content (AvgIpc) is 3.01. The number of hydrogen-bond donors (Lipinski definition) is 0. The Morgan fingerprint density at radius 1 is 1.04 bits per heavy atom. The number of methoxy groups -OCH3 is 1. The molecule has 0 spiro atoms. The summed E-state index contributed by atoms with van der Waals surface area (Å²) in [6, 6.07) is 0. The molecule has 0 aliphatic rings. The monoisotopic (exact) mass is 400 g/mol. The summed E-state index contributed by atoms with van der Waals surface area (Å²) in [5.41, 5.74) is 0. The molecule has 0 amide bonds. The second-order valence-corrected chi connectivity index (χ2v) is 6.12. The number of ether oxygens (including phenoxy) is 4. The van der Waals surface area contributed by atoms with E-state index in [-0.39, 0.29) is 19.8 Å². The lowest BCUT2D eigenvalue weighted by molar-refractivity contribution is -0.671. The molecule has 11 heteroatoms. The van der Waals surface area contributed by atoms with E-state index in [4.69, 9.17) is 18.9 Å². The van der Waals surface area contributed by atoms with E-state index in [0.717, 1.165) is 6.54 Å². The molecule has 0 aromatic carbocycles. The van der Waals surface area contributed by atoms with Crippen LogP contribution >= 0.6 is 7.91 Å². The molecule has 0 bridgehead atoms. The molecular formula is C15H30FN2O7P. The van der Waals surface area contributed by atoms with Gasteiger partial charge in [-0.15, -0.1) is 0 Å². The quantitative estimate of drug-likeness (QED) is 0.254. The normalized spacial score (nSPS) is 13.1. The minimum absolute atomic E-state index is 0.0101. The molecule has 0 radical (unpaired) electrons. The second-order valence-electron chi connectivity index (χ2n) is 5.00. The van der Waals surface area contributed by atoms with Gasteiger partial charge in [0.05, 0.1) is 66.4 Å². The van der Waals surface area contributed by atoms with Gasteiger partial charge in [-0.2, -0.15) is 4.20 Å². The molecule has 1 atom stereocenters. The van der Waals surface area contributed by atoms with E-state index in [1.165, 1.54) is 0 Å². The second kappa shape index (κ2) is 16.3. The van der Waals surface area contributed by atoms with Crippen LogP contribution in [0.2, 0.25) is 0 Å². The van der Waals surface area contributed by atoms with E-state index in [2.05, 4.69) is 28.5 Å². The first-order valence-electron chi connectivity index (χ1n) is 8.27. The SMILES string of the molecule is CCn1cc[n+](C)c1.COCCOCCOCCOCCOP(=O)([O-])F. The third-order valence-corrected chi connectivity index (χ3v) is 3.33. The average molecular weight is 400 g/mol. The Bertz CT molecular complexity index is 484. The van der Waals surface area contributed by atoms with Crippen LogP contribution in [0.25, 0.3) is 0 Å². The maximum absolute atomic E-state index is 11.9. The van der Waals surface area contributed by atoms with Gasteiger partial charge in [-0.3, -0.25) is 4.57 Å². The van der Waals surface area contributed by atoms with Gasteiger partial charge in [0.2, 0.25) is 6.33 Å². The van der Waals surface area contributed by atoms with E-state index in [1.54, 1.807) is 7.11 Å². The summed E-state index contributed by atoms with van der Waals surface area (Å²) in [5, 5.41) is 0. The molecule has 1 aromatic heterocycles. The number of aryl methyl sites for hydroxylation is 2. The molecule has 9 nitrogen and oxygen atoms in total. The van der Waals surface area contributed by atoms with E-state index >= 15 is 0 Å². The van der Waals surface area contributed by atoms with E-state index in [9.17, 15) is 13.7 Å². The van der Waals surface area contributed by atoms with E-state index in [0.29, 0.717) is 33.0 Å². The highest BCUT2D eigenvalue weighted by Gasteiger charge is 2.03. The molecule has 0 aliphatic carbocycles. The summed E-state index contributed by atoms with van der Waals surface area (Å²) >= 11 is 0. The highest BCUT2D eigenvalue weighted by molar-refractivity contribution is 7.45. The summed E-state index contributed by atoms with van der Waals surface area (Å²) in [4.78, 5) is 9.95. The maximum atomic E-state index is 11.9. The Morgan fingerprint density at radius 2 is 1.54 bits per heavy atom. The number of nitrogens with zero attached hydrogens (tertiary/aromatic N) is 2. The molecule has 0 aliphatic heterocycles. The van der Waals surface area contributed by atoms with Gasteiger partial charge in [-0.25, -0.2) is 9.13 Å². The zero-order valence-corrected chi connectivity index (χ0v) is 16.6. The molecule has 1 unspecified atom stereocenters. The van der Waals surface area contributed by atoms with Gasteiger partial charge in [0, 0.05) is 7.11 Å². The Kier molecular flexibility index (Phi) is 15.8. The topological polar surface area (TPSA) is 95.1 Å². The Hall–Kier alpha value is -0.870. The van der Waals surface area contributed by atoms with Crippen LogP contribution in [0.4, 0.5) is 4.20 Å². The van der Waals surface area contributed by atoms with Gasteiger partial charge in [-0.1, -0.05) is 0 Å². The summed E-state index contributed by atoms with van der Waals surface area (Å²) in [6.45, 7) is 5.42. The van der Waals surface area contributed by atoms with Crippen LogP contribution in [0.3, 0.4) is 0 Å². The fourth-order valence-corrected chi connectivity index (χ4v) is 1.87. The smallest absolute Gasteiger partial charge is 0.307 e. The third-order valence-electron chi connectivity index (χ3n) is 2.84. The summed E-state index contributed by atoms with van der Waals surface area (Å²) in [5.74, 6) is 0. The Labute approximate surface area is 154 Å². The van der Waals surface area contributed by atoms with E-state index < -0.39 is 7.91 Å². The van der Waals surface area contributed by atoms with Crippen LogP contribution < -0.4 is 9.46 Å². The summed E-state index contributed by atoms with van der Waals surface area (Å²) < 4.78 is 49.8. The van der Waals surface area contributed by atoms with Crippen LogP contribution in [0.5, 0.6) is 0 Å². The molecule has 0 saturated heterocycles. The van der Waals surface area contributed by atoms with Crippen LogP contribution in [-0.2, 0) is 41.6 Å². The first kappa shape index (κ1) is 25.1. The van der Waals surface area contributed by atoms with Crippen molar-refractivity contribution in [1.29, 1.82) is 0 Å².